The first kappa shape index (κ1) is 21.7. The third-order valence-electron chi connectivity index (χ3n) is 3.98. The van der Waals surface area contributed by atoms with Crippen LogP contribution in [0.1, 0.15) is 13.3 Å². The Morgan fingerprint density at radius 1 is 1.17 bits per heavy atom. The molecule has 0 aliphatic heterocycles. The van der Waals surface area contributed by atoms with Crippen molar-refractivity contribution in [3.05, 3.63) is 58.9 Å². The molecule has 1 amide bonds. The largest absolute Gasteiger partial charge is 0.573 e. The number of aromatic nitrogens is 2. The summed E-state index contributed by atoms with van der Waals surface area (Å²) in [5, 5.41) is 3.54. The molecular formula is C20H18F3N3O3S. The monoisotopic (exact) mass is 437 g/mol. The Bertz CT molecular complexity index is 1100. The van der Waals surface area contributed by atoms with E-state index in [-0.39, 0.29) is 23.0 Å². The Hall–Kier alpha value is -3.01. The number of benzene rings is 2. The predicted octanol–water partition coefficient (Wildman–Crippen LogP) is 4.44. The fourth-order valence-electron chi connectivity index (χ4n) is 2.75. The lowest BCUT2D eigenvalue weighted by Gasteiger charge is -2.12. The van der Waals surface area contributed by atoms with Gasteiger partial charge >= 0.3 is 6.36 Å². The summed E-state index contributed by atoms with van der Waals surface area (Å²) in [7, 11) is 0. The molecule has 0 saturated heterocycles. The second-order valence-electron chi connectivity index (χ2n) is 6.28. The molecule has 6 nitrogen and oxygen atoms in total. The predicted molar refractivity (Wildman–Crippen MR) is 109 cm³/mol. The molecule has 1 heterocycles. The average Bonchev–Trinajstić information content (AvgIpc) is 2.69. The first-order valence-corrected chi connectivity index (χ1v) is 10.0. The zero-order valence-electron chi connectivity index (χ0n) is 15.9. The molecule has 0 atom stereocenters. The summed E-state index contributed by atoms with van der Waals surface area (Å²) in [6.45, 7) is 2.41. The van der Waals surface area contributed by atoms with Crippen molar-refractivity contribution in [2.45, 2.75) is 31.4 Å². The van der Waals surface area contributed by atoms with Gasteiger partial charge in [0.25, 0.3) is 5.56 Å². The molecule has 0 aliphatic carbocycles. The maximum Gasteiger partial charge on any atom is 0.573 e. The fourth-order valence-corrected chi connectivity index (χ4v) is 3.57. The Kier molecular flexibility index (Phi) is 6.66. The number of amides is 1. The minimum absolute atomic E-state index is 0.0186. The minimum Gasteiger partial charge on any atom is -0.406 e. The molecule has 3 aromatic rings. The number of halogens is 3. The summed E-state index contributed by atoms with van der Waals surface area (Å²) in [6, 6.07) is 11.8. The van der Waals surface area contributed by atoms with Crippen molar-refractivity contribution in [2.75, 3.05) is 11.1 Å². The van der Waals surface area contributed by atoms with Crippen LogP contribution in [0.2, 0.25) is 0 Å². The zero-order chi connectivity index (χ0) is 21.7. The van der Waals surface area contributed by atoms with Crippen LogP contribution in [0.3, 0.4) is 0 Å². The first-order chi connectivity index (χ1) is 14.3. The van der Waals surface area contributed by atoms with E-state index in [1.54, 1.807) is 28.8 Å². The molecule has 30 heavy (non-hydrogen) atoms. The molecule has 0 aliphatic rings. The van der Waals surface area contributed by atoms with Gasteiger partial charge < -0.3 is 10.1 Å². The van der Waals surface area contributed by atoms with Crippen molar-refractivity contribution in [1.82, 2.24) is 9.55 Å². The average molecular weight is 437 g/mol. The number of ether oxygens (including phenoxy) is 1. The fraction of sp³-hybridized carbons (Fsp3) is 0.250. The summed E-state index contributed by atoms with van der Waals surface area (Å²) in [5.74, 6) is -0.774. The molecule has 3 rings (SSSR count). The number of anilines is 1. The van der Waals surface area contributed by atoms with Crippen molar-refractivity contribution in [3.63, 3.8) is 0 Å². The van der Waals surface area contributed by atoms with Crippen LogP contribution in [-0.4, -0.2) is 27.6 Å². The van der Waals surface area contributed by atoms with Crippen LogP contribution in [-0.2, 0) is 11.3 Å². The number of carbonyl (C=O) groups excluding carboxylic acids is 1. The van der Waals surface area contributed by atoms with Crippen molar-refractivity contribution < 1.29 is 22.7 Å². The number of hydrogen-bond donors (Lipinski definition) is 1. The molecule has 0 fully saturated rings. The van der Waals surface area contributed by atoms with E-state index in [1.807, 2.05) is 6.92 Å². The van der Waals surface area contributed by atoms with E-state index in [4.69, 9.17) is 0 Å². The van der Waals surface area contributed by atoms with Crippen LogP contribution in [0, 0.1) is 0 Å². The van der Waals surface area contributed by atoms with E-state index in [0.29, 0.717) is 28.3 Å². The molecule has 0 radical (unpaired) electrons. The number of fused-ring (bicyclic) bond motifs is 1. The lowest BCUT2D eigenvalue weighted by atomic mass is 10.2. The molecular weight excluding hydrogens is 419 g/mol. The van der Waals surface area contributed by atoms with Gasteiger partial charge in [0.1, 0.15) is 5.75 Å². The highest BCUT2D eigenvalue weighted by Crippen LogP contribution is 2.24. The van der Waals surface area contributed by atoms with Crippen molar-refractivity contribution in [2.24, 2.45) is 0 Å². The Morgan fingerprint density at radius 2 is 1.87 bits per heavy atom. The van der Waals surface area contributed by atoms with Gasteiger partial charge in [-0.05, 0) is 42.8 Å². The number of hydrogen-bond acceptors (Lipinski definition) is 5. The lowest BCUT2D eigenvalue weighted by molar-refractivity contribution is -0.274. The molecule has 0 saturated carbocycles. The highest BCUT2D eigenvalue weighted by Gasteiger charge is 2.30. The van der Waals surface area contributed by atoms with Gasteiger partial charge in [0.05, 0.1) is 16.7 Å². The maximum atomic E-state index is 12.7. The van der Waals surface area contributed by atoms with Crippen LogP contribution < -0.4 is 15.6 Å². The van der Waals surface area contributed by atoms with Crippen LogP contribution in [0.25, 0.3) is 10.9 Å². The summed E-state index contributed by atoms with van der Waals surface area (Å²) in [5.41, 5.74) is 0.719. The second kappa shape index (κ2) is 9.21. The number of alkyl halides is 3. The number of para-hydroxylation sites is 1. The quantitative estimate of drug-likeness (QED) is 0.437. The number of rotatable bonds is 7. The van der Waals surface area contributed by atoms with E-state index < -0.39 is 6.36 Å². The number of nitrogens with one attached hydrogen (secondary N) is 1. The van der Waals surface area contributed by atoms with Gasteiger partial charge in [-0.15, -0.1) is 13.2 Å². The Balaban J connectivity index is 1.69. The van der Waals surface area contributed by atoms with Gasteiger partial charge in [-0.1, -0.05) is 30.8 Å². The van der Waals surface area contributed by atoms with E-state index in [1.165, 1.54) is 12.1 Å². The molecule has 2 aromatic carbocycles. The van der Waals surface area contributed by atoms with Crippen LogP contribution in [0.15, 0.2) is 58.5 Å². The normalized spacial score (nSPS) is 11.5. The molecule has 0 unspecified atom stereocenters. The van der Waals surface area contributed by atoms with Gasteiger partial charge in [0.15, 0.2) is 5.16 Å². The van der Waals surface area contributed by atoms with Crippen LogP contribution in [0.5, 0.6) is 5.75 Å². The smallest absolute Gasteiger partial charge is 0.406 e. The van der Waals surface area contributed by atoms with E-state index >= 15 is 0 Å². The third kappa shape index (κ3) is 5.53. The van der Waals surface area contributed by atoms with Gasteiger partial charge in [0, 0.05) is 12.2 Å². The maximum absolute atomic E-state index is 12.7. The molecule has 0 bridgehead atoms. The molecule has 158 valence electrons. The molecule has 10 heteroatoms. The van der Waals surface area contributed by atoms with E-state index in [9.17, 15) is 22.8 Å². The summed E-state index contributed by atoms with van der Waals surface area (Å²) in [4.78, 5) is 29.5. The van der Waals surface area contributed by atoms with Gasteiger partial charge in [-0.3, -0.25) is 14.2 Å². The zero-order valence-corrected chi connectivity index (χ0v) is 16.7. The van der Waals surface area contributed by atoms with Gasteiger partial charge in [-0.25, -0.2) is 4.98 Å². The van der Waals surface area contributed by atoms with Crippen molar-refractivity contribution in [1.29, 1.82) is 0 Å². The molecule has 1 aromatic heterocycles. The third-order valence-corrected chi connectivity index (χ3v) is 4.95. The summed E-state index contributed by atoms with van der Waals surface area (Å²) >= 11 is 1.12. The van der Waals surface area contributed by atoms with Crippen molar-refractivity contribution >= 4 is 34.3 Å². The Labute approximate surface area is 174 Å². The lowest BCUT2D eigenvalue weighted by Crippen LogP contribution is -2.24. The van der Waals surface area contributed by atoms with Gasteiger partial charge in [-0.2, -0.15) is 0 Å². The van der Waals surface area contributed by atoms with Gasteiger partial charge in [0.2, 0.25) is 5.91 Å². The first-order valence-electron chi connectivity index (χ1n) is 9.05. The van der Waals surface area contributed by atoms with E-state index in [0.717, 1.165) is 30.3 Å². The summed E-state index contributed by atoms with van der Waals surface area (Å²) in [6.07, 6.45) is -4.05. The number of carbonyl (C=O) groups is 1. The standard InChI is InChI=1S/C20H18F3N3O3S/c1-2-11-26-18(28)15-5-3-4-6-16(15)25-19(26)30-12-17(27)24-13-7-9-14(10-8-13)29-20(21,22)23/h3-10H,2,11-12H2,1H3,(H,24,27). The number of nitrogens with zero attached hydrogens (tertiary/aromatic N) is 2. The molecule has 1 N–H and O–H groups in total. The molecule has 0 spiro atoms. The second-order valence-corrected chi connectivity index (χ2v) is 7.22. The van der Waals surface area contributed by atoms with Crippen LogP contribution >= 0.6 is 11.8 Å². The topological polar surface area (TPSA) is 73.2 Å². The highest BCUT2D eigenvalue weighted by molar-refractivity contribution is 7.99. The SMILES string of the molecule is CCCn1c(SCC(=O)Nc2ccc(OC(F)(F)F)cc2)nc2ccccc2c1=O. The van der Waals surface area contributed by atoms with Crippen LogP contribution in [0.4, 0.5) is 18.9 Å². The number of thioether (sulfide) groups is 1. The Morgan fingerprint density at radius 3 is 2.53 bits per heavy atom. The highest BCUT2D eigenvalue weighted by atomic mass is 32.2. The summed E-state index contributed by atoms with van der Waals surface area (Å²) < 4.78 is 41.9. The van der Waals surface area contributed by atoms with Crippen molar-refractivity contribution in [3.8, 4) is 5.75 Å². The van der Waals surface area contributed by atoms with E-state index in [2.05, 4.69) is 15.0 Å². The minimum atomic E-state index is -4.78.